The summed E-state index contributed by atoms with van der Waals surface area (Å²) in [4.78, 5) is 2.54. The van der Waals surface area contributed by atoms with Crippen LogP contribution in [-0.2, 0) is 11.3 Å². The molecule has 0 aliphatic carbocycles. The van der Waals surface area contributed by atoms with Crippen molar-refractivity contribution in [1.82, 2.24) is 14.7 Å². The molecule has 1 fully saturated rings. The fraction of sp³-hybridized carbons (Fsp3) is 0.786. The Morgan fingerprint density at radius 1 is 1.39 bits per heavy atom. The Balaban J connectivity index is 1.63. The van der Waals surface area contributed by atoms with Gasteiger partial charge in [0.1, 0.15) is 0 Å². The van der Waals surface area contributed by atoms with Crippen LogP contribution in [0.2, 0.25) is 0 Å². The maximum Gasteiger partial charge on any atom is 0.0702 e. The van der Waals surface area contributed by atoms with Gasteiger partial charge in [0, 0.05) is 32.1 Å². The van der Waals surface area contributed by atoms with E-state index in [1.54, 1.807) is 0 Å². The molecule has 4 nitrogen and oxygen atoms in total. The summed E-state index contributed by atoms with van der Waals surface area (Å²) >= 11 is 0. The second-order valence-corrected chi connectivity index (χ2v) is 5.06. The third-order valence-electron chi connectivity index (χ3n) is 3.44. The zero-order chi connectivity index (χ0) is 12.6. The first kappa shape index (κ1) is 13.6. The fourth-order valence-corrected chi connectivity index (χ4v) is 2.53. The maximum atomic E-state index is 5.86. The molecule has 2 rings (SSSR count). The summed E-state index contributed by atoms with van der Waals surface area (Å²) < 4.78 is 7.86. The normalized spacial score (nSPS) is 21.3. The Hall–Kier alpha value is -0.870. The first-order valence-corrected chi connectivity index (χ1v) is 7.20. The number of hydrogen-bond acceptors (Lipinski definition) is 3. The predicted octanol–water partition coefficient (Wildman–Crippen LogP) is 2.16. The molecular formula is C14H25N3O. The lowest BCUT2D eigenvalue weighted by molar-refractivity contribution is -0.000511. The Bertz CT molecular complexity index is 313. The SMILES string of the molecule is CCCO[C@@H]1CCCN(CCCn2cccn2)C1. The number of ether oxygens (including phenoxy) is 1. The summed E-state index contributed by atoms with van der Waals surface area (Å²) in [6.45, 7) is 7.59. The van der Waals surface area contributed by atoms with Crippen LogP contribution < -0.4 is 0 Å². The highest BCUT2D eigenvalue weighted by atomic mass is 16.5. The van der Waals surface area contributed by atoms with Gasteiger partial charge in [-0.1, -0.05) is 6.92 Å². The summed E-state index contributed by atoms with van der Waals surface area (Å²) in [6.07, 6.45) is 9.13. The minimum Gasteiger partial charge on any atom is -0.377 e. The van der Waals surface area contributed by atoms with E-state index >= 15 is 0 Å². The molecule has 1 saturated heterocycles. The van der Waals surface area contributed by atoms with Crippen molar-refractivity contribution in [2.45, 2.75) is 45.3 Å². The number of likely N-dealkylation sites (tertiary alicyclic amines) is 1. The Morgan fingerprint density at radius 3 is 3.11 bits per heavy atom. The number of rotatable bonds is 7. The van der Waals surface area contributed by atoms with Gasteiger partial charge >= 0.3 is 0 Å². The Morgan fingerprint density at radius 2 is 2.33 bits per heavy atom. The van der Waals surface area contributed by atoms with Gasteiger partial charge in [-0.25, -0.2) is 0 Å². The largest absolute Gasteiger partial charge is 0.377 e. The molecule has 0 unspecified atom stereocenters. The third kappa shape index (κ3) is 4.42. The first-order chi connectivity index (χ1) is 8.88. The van der Waals surface area contributed by atoms with E-state index in [-0.39, 0.29) is 0 Å². The summed E-state index contributed by atoms with van der Waals surface area (Å²) in [5.74, 6) is 0. The quantitative estimate of drug-likeness (QED) is 0.744. The second-order valence-electron chi connectivity index (χ2n) is 5.06. The molecule has 102 valence electrons. The van der Waals surface area contributed by atoms with Crippen LogP contribution in [-0.4, -0.2) is 47.0 Å². The summed E-state index contributed by atoms with van der Waals surface area (Å²) in [5, 5.41) is 4.23. The molecule has 1 aliphatic rings. The van der Waals surface area contributed by atoms with Gasteiger partial charge in [0.2, 0.25) is 0 Å². The van der Waals surface area contributed by atoms with E-state index in [4.69, 9.17) is 4.74 Å². The molecule has 1 aliphatic heterocycles. The fourth-order valence-electron chi connectivity index (χ4n) is 2.53. The molecule has 2 heterocycles. The maximum absolute atomic E-state index is 5.86. The Labute approximate surface area is 110 Å². The molecule has 0 spiro atoms. The number of hydrogen-bond donors (Lipinski definition) is 0. The van der Waals surface area contributed by atoms with Crippen LogP contribution in [0.15, 0.2) is 18.5 Å². The van der Waals surface area contributed by atoms with Crippen LogP contribution in [0.4, 0.5) is 0 Å². The average Bonchev–Trinajstić information content (AvgIpc) is 2.90. The van der Waals surface area contributed by atoms with Crippen LogP contribution in [0.5, 0.6) is 0 Å². The highest BCUT2D eigenvalue weighted by molar-refractivity contribution is 4.78. The smallest absolute Gasteiger partial charge is 0.0702 e. The summed E-state index contributed by atoms with van der Waals surface area (Å²) in [7, 11) is 0. The van der Waals surface area contributed by atoms with Crippen LogP contribution >= 0.6 is 0 Å². The van der Waals surface area contributed by atoms with Crippen molar-refractivity contribution < 1.29 is 4.74 Å². The van der Waals surface area contributed by atoms with Gasteiger partial charge in [-0.2, -0.15) is 5.10 Å². The van der Waals surface area contributed by atoms with Crippen LogP contribution in [0.1, 0.15) is 32.6 Å². The monoisotopic (exact) mass is 251 g/mol. The minimum atomic E-state index is 0.461. The van der Waals surface area contributed by atoms with Crippen LogP contribution in [0, 0.1) is 0 Å². The van der Waals surface area contributed by atoms with E-state index in [2.05, 4.69) is 16.9 Å². The minimum absolute atomic E-state index is 0.461. The van der Waals surface area contributed by atoms with Crippen molar-refractivity contribution in [2.75, 3.05) is 26.2 Å². The zero-order valence-electron chi connectivity index (χ0n) is 11.4. The first-order valence-electron chi connectivity index (χ1n) is 7.20. The molecule has 4 heteroatoms. The second kappa shape index (κ2) is 7.54. The third-order valence-corrected chi connectivity index (χ3v) is 3.44. The highest BCUT2D eigenvalue weighted by Gasteiger charge is 2.19. The van der Waals surface area contributed by atoms with Crippen molar-refractivity contribution in [1.29, 1.82) is 0 Å². The molecule has 0 saturated carbocycles. The topological polar surface area (TPSA) is 30.3 Å². The van der Waals surface area contributed by atoms with Gasteiger partial charge in [0.25, 0.3) is 0 Å². The van der Waals surface area contributed by atoms with Gasteiger partial charge in [0.15, 0.2) is 0 Å². The number of aryl methyl sites for hydroxylation is 1. The van der Waals surface area contributed by atoms with Crippen molar-refractivity contribution in [2.24, 2.45) is 0 Å². The molecule has 0 bridgehead atoms. The molecule has 1 aromatic rings. The van der Waals surface area contributed by atoms with E-state index in [0.717, 1.165) is 32.7 Å². The van der Waals surface area contributed by atoms with Crippen molar-refractivity contribution in [3.8, 4) is 0 Å². The number of aromatic nitrogens is 2. The van der Waals surface area contributed by atoms with Gasteiger partial charge < -0.3 is 9.64 Å². The lowest BCUT2D eigenvalue weighted by atomic mass is 10.1. The van der Waals surface area contributed by atoms with Crippen LogP contribution in [0.3, 0.4) is 0 Å². The van der Waals surface area contributed by atoms with E-state index in [1.165, 1.54) is 25.8 Å². The van der Waals surface area contributed by atoms with Gasteiger partial charge in [-0.15, -0.1) is 0 Å². The van der Waals surface area contributed by atoms with Gasteiger partial charge in [0.05, 0.1) is 6.10 Å². The van der Waals surface area contributed by atoms with Crippen LogP contribution in [0.25, 0.3) is 0 Å². The molecule has 0 radical (unpaired) electrons. The van der Waals surface area contributed by atoms with Gasteiger partial charge in [-0.05, 0) is 44.8 Å². The Kier molecular flexibility index (Phi) is 5.68. The van der Waals surface area contributed by atoms with E-state index in [0.29, 0.717) is 6.10 Å². The number of nitrogens with zero attached hydrogens (tertiary/aromatic N) is 3. The predicted molar refractivity (Wildman–Crippen MR) is 72.5 cm³/mol. The molecular weight excluding hydrogens is 226 g/mol. The van der Waals surface area contributed by atoms with E-state index in [9.17, 15) is 0 Å². The van der Waals surface area contributed by atoms with E-state index < -0.39 is 0 Å². The van der Waals surface area contributed by atoms with Gasteiger partial charge in [-0.3, -0.25) is 4.68 Å². The molecule has 18 heavy (non-hydrogen) atoms. The van der Waals surface area contributed by atoms with Crippen molar-refractivity contribution in [3.05, 3.63) is 18.5 Å². The summed E-state index contributed by atoms with van der Waals surface area (Å²) in [5.41, 5.74) is 0. The molecule has 0 N–H and O–H groups in total. The average molecular weight is 251 g/mol. The molecule has 1 aromatic heterocycles. The van der Waals surface area contributed by atoms with Crippen molar-refractivity contribution in [3.63, 3.8) is 0 Å². The van der Waals surface area contributed by atoms with Crippen molar-refractivity contribution >= 4 is 0 Å². The lowest BCUT2D eigenvalue weighted by Crippen LogP contribution is -2.40. The highest BCUT2D eigenvalue weighted by Crippen LogP contribution is 2.13. The lowest BCUT2D eigenvalue weighted by Gasteiger charge is -2.32. The molecule has 0 amide bonds. The number of piperidine rings is 1. The molecule has 1 atom stereocenters. The standard InChI is InChI=1S/C14H25N3O/c1-2-12-18-14-6-3-8-16(13-14)9-5-11-17-10-4-7-15-17/h4,7,10,14H,2-3,5-6,8-9,11-13H2,1H3/t14-/m1/s1. The zero-order valence-corrected chi connectivity index (χ0v) is 11.4. The molecule has 0 aromatic carbocycles. The summed E-state index contributed by atoms with van der Waals surface area (Å²) in [6, 6.07) is 1.98. The van der Waals surface area contributed by atoms with E-state index in [1.807, 2.05) is 23.1 Å².